The number of aromatic nitrogens is 1. The minimum Gasteiger partial charge on any atom is -0.341 e. The summed E-state index contributed by atoms with van der Waals surface area (Å²) in [5.41, 5.74) is 3.56. The predicted molar refractivity (Wildman–Crippen MR) is 109 cm³/mol. The Morgan fingerprint density at radius 2 is 1.76 bits per heavy atom. The van der Waals surface area contributed by atoms with E-state index in [1.165, 1.54) is 27.0 Å². The fraction of sp³-hybridized carbons (Fsp3) is 0.182. The van der Waals surface area contributed by atoms with Crippen LogP contribution in [-0.2, 0) is 6.54 Å². The number of hydrazine groups is 1. The van der Waals surface area contributed by atoms with Crippen LogP contribution in [0.4, 0.5) is 5.69 Å². The van der Waals surface area contributed by atoms with Crippen LogP contribution >= 0.6 is 0 Å². The smallest absolute Gasteiger partial charge is 0.0513 e. The highest BCUT2D eigenvalue weighted by Crippen LogP contribution is 2.12. The number of nitrogens with two attached hydrogens (primary N) is 1. The molecule has 3 aromatic rings. The van der Waals surface area contributed by atoms with Gasteiger partial charge in [0.25, 0.3) is 0 Å². The number of benzene rings is 2. The van der Waals surface area contributed by atoms with E-state index in [0.29, 0.717) is 0 Å². The van der Waals surface area contributed by atoms with Gasteiger partial charge in [-0.2, -0.15) is 0 Å². The highest BCUT2D eigenvalue weighted by Gasteiger charge is 2.08. The molecule has 2 N–H and O–H groups in total. The molecule has 0 spiro atoms. The molecule has 3 heteroatoms. The van der Waals surface area contributed by atoms with E-state index in [2.05, 4.69) is 54.5 Å². The number of allylic oxidation sites excluding steroid dienone is 1. The van der Waals surface area contributed by atoms with Gasteiger partial charge in [-0.25, -0.2) is 5.84 Å². The summed E-state index contributed by atoms with van der Waals surface area (Å²) in [4.78, 5) is 0. The molecule has 0 unspecified atom stereocenters. The maximum atomic E-state index is 5.45. The van der Waals surface area contributed by atoms with Crippen LogP contribution in [0.2, 0.25) is 0 Å². The fourth-order valence-corrected chi connectivity index (χ4v) is 3.22. The summed E-state index contributed by atoms with van der Waals surface area (Å²) in [6.45, 7) is 7.28. The molecule has 1 aromatic heterocycles. The molecule has 0 amide bonds. The molecule has 1 aliphatic rings. The molecule has 0 aliphatic heterocycles. The zero-order chi connectivity index (χ0) is 17.8. The molecule has 0 radical (unpaired) electrons. The van der Waals surface area contributed by atoms with Crippen LogP contribution in [0.3, 0.4) is 0 Å². The molecule has 1 aliphatic carbocycles. The first-order chi connectivity index (χ1) is 12.1. The van der Waals surface area contributed by atoms with Crippen molar-refractivity contribution in [2.45, 2.75) is 19.9 Å². The Morgan fingerprint density at radius 3 is 2.40 bits per heavy atom. The number of anilines is 1. The van der Waals surface area contributed by atoms with Gasteiger partial charge < -0.3 is 9.58 Å². The zero-order valence-corrected chi connectivity index (χ0v) is 14.9. The second-order valence-corrected chi connectivity index (χ2v) is 6.22. The number of nitrogens with zero attached hydrogens (tertiary/aromatic N) is 2. The number of aryl methyl sites for hydroxylation is 1. The Morgan fingerprint density at radius 1 is 1.08 bits per heavy atom. The Hall–Kier alpha value is -2.78. The number of hydrogen-bond acceptors (Lipinski definition) is 2. The number of rotatable bonds is 2. The van der Waals surface area contributed by atoms with Gasteiger partial charge in [0.2, 0.25) is 0 Å². The maximum Gasteiger partial charge on any atom is 0.0513 e. The van der Waals surface area contributed by atoms with Crippen molar-refractivity contribution in [3.05, 3.63) is 77.3 Å². The maximum absolute atomic E-state index is 5.45. The van der Waals surface area contributed by atoms with Crippen LogP contribution in [0.15, 0.2) is 66.7 Å². The van der Waals surface area contributed by atoms with Crippen LogP contribution < -0.4 is 21.4 Å². The summed E-state index contributed by atoms with van der Waals surface area (Å²) in [6.07, 6.45) is 5.49. The van der Waals surface area contributed by atoms with Gasteiger partial charge >= 0.3 is 0 Å². The van der Waals surface area contributed by atoms with E-state index in [1.54, 1.807) is 5.01 Å². The monoisotopic (exact) mass is 331 g/mol. The van der Waals surface area contributed by atoms with E-state index in [1.807, 2.05) is 37.4 Å². The van der Waals surface area contributed by atoms with Crippen molar-refractivity contribution < 1.29 is 0 Å². The third-order valence-electron chi connectivity index (χ3n) is 4.44. The van der Waals surface area contributed by atoms with Crippen LogP contribution in [0, 0.1) is 0 Å². The SMILES string of the molecule is C=C1C=c2c(n(CC)c3ccccc23)=CC1.CN(N)c1ccccc1. The molecular weight excluding hydrogens is 306 g/mol. The largest absolute Gasteiger partial charge is 0.341 e. The van der Waals surface area contributed by atoms with Gasteiger partial charge in [-0.15, -0.1) is 0 Å². The molecule has 0 bridgehead atoms. The van der Waals surface area contributed by atoms with E-state index in [-0.39, 0.29) is 0 Å². The van der Waals surface area contributed by atoms with Gasteiger partial charge in [0.05, 0.1) is 5.69 Å². The molecule has 0 saturated carbocycles. The predicted octanol–water partition coefficient (Wildman–Crippen LogP) is 3.18. The first-order valence-corrected chi connectivity index (χ1v) is 8.62. The van der Waals surface area contributed by atoms with E-state index in [4.69, 9.17) is 5.84 Å². The van der Waals surface area contributed by atoms with Gasteiger partial charge in [-0.1, -0.05) is 54.6 Å². The molecule has 0 saturated heterocycles. The summed E-state index contributed by atoms with van der Waals surface area (Å²) >= 11 is 0. The molecule has 3 nitrogen and oxygen atoms in total. The third kappa shape index (κ3) is 3.52. The molecular formula is C22H25N3. The fourth-order valence-electron chi connectivity index (χ4n) is 3.22. The lowest BCUT2D eigenvalue weighted by Gasteiger charge is -2.09. The highest BCUT2D eigenvalue weighted by molar-refractivity contribution is 5.84. The topological polar surface area (TPSA) is 34.2 Å². The molecule has 128 valence electrons. The highest BCUT2D eigenvalue weighted by atomic mass is 15.4. The summed E-state index contributed by atoms with van der Waals surface area (Å²) in [5, 5.41) is 5.63. The van der Waals surface area contributed by atoms with Crippen molar-refractivity contribution >= 4 is 28.7 Å². The van der Waals surface area contributed by atoms with E-state index in [9.17, 15) is 0 Å². The zero-order valence-electron chi connectivity index (χ0n) is 14.9. The van der Waals surface area contributed by atoms with Crippen LogP contribution in [0.25, 0.3) is 23.1 Å². The lowest BCUT2D eigenvalue weighted by molar-refractivity contribution is 0.768. The summed E-state index contributed by atoms with van der Waals surface area (Å²) < 4.78 is 2.38. The molecule has 4 rings (SSSR count). The standard InChI is InChI=1S/C15H15N.C7H10N2/c1-3-16-14-7-5-4-6-12(14)13-10-11(2)8-9-15(13)16;1-9(8)7-5-3-2-4-6-7/h4-7,9-10H,2-3,8H2,1H3;2-6H,8H2,1H3. The van der Waals surface area contributed by atoms with Gasteiger partial charge in [-0.05, 0) is 37.6 Å². The quantitative estimate of drug-likeness (QED) is 0.578. The second-order valence-electron chi connectivity index (χ2n) is 6.22. The van der Waals surface area contributed by atoms with E-state index in [0.717, 1.165) is 18.7 Å². The average Bonchev–Trinajstić information content (AvgIpc) is 2.96. The normalized spacial score (nSPS) is 12.5. The van der Waals surface area contributed by atoms with Crippen molar-refractivity contribution in [3.8, 4) is 0 Å². The summed E-state index contributed by atoms with van der Waals surface area (Å²) in [7, 11) is 1.81. The Kier molecular flexibility index (Phi) is 5.05. The lowest BCUT2D eigenvalue weighted by atomic mass is 10.1. The van der Waals surface area contributed by atoms with Crippen molar-refractivity contribution in [1.82, 2.24) is 4.57 Å². The average molecular weight is 331 g/mol. The number of para-hydroxylation sites is 2. The van der Waals surface area contributed by atoms with Gasteiger partial charge in [0, 0.05) is 35.1 Å². The molecule has 0 fully saturated rings. The van der Waals surface area contributed by atoms with E-state index < -0.39 is 0 Å². The Balaban J connectivity index is 0.000000173. The van der Waals surface area contributed by atoms with Crippen molar-refractivity contribution in [1.29, 1.82) is 0 Å². The van der Waals surface area contributed by atoms with Gasteiger partial charge in [0.1, 0.15) is 0 Å². The first kappa shape index (κ1) is 17.1. The minimum atomic E-state index is 0.976. The summed E-state index contributed by atoms with van der Waals surface area (Å²) in [5.74, 6) is 5.45. The van der Waals surface area contributed by atoms with Crippen molar-refractivity contribution in [2.75, 3.05) is 12.1 Å². The second kappa shape index (κ2) is 7.41. The van der Waals surface area contributed by atoms with Crippen molar-refractivity contribution in [2.24, 2.45) is 5.84 Å². The minimum absolute atomic E-state index is 0.976. The Bertz CT molecular complexity index is 995. The van der Waals surface area contributed by atoms with E-state index >= 15 is 0 Å². The van der Waals surface area contributed by atoms with Crippen LogP contribution in [0.1, 0.15) is 13.3 Å². The van der Waals surface area contributed by atoms with Gasteiger partial charge in [0.15, 0.2) is 0 Å². The van der Waals surface area contributed by atoms with Gasteiger partial charge in [-0.3, -0.25) is 0 Å². The van der Waals surface area contributed by atoms with Crippen LogP contribution in [0.5, 0.6) is 0 Å². The van der Waals surface area contributed by atoms with Crippen LogP contribution in [-0.4, -0.2) is 11.6 Å². The molecule has 1 heterocycles. The summed E-state index contributed by atoms with van der Waals surface area (Å²) in [6, 6.07) is 18.4. The number of fused-ring (bicyclic) bond motifs is 3. The third-order valence-corrected chi connectivity index (χ3v) is 4.44. The first-order valence-electron chi connectivity index (χ1n) is 8.62. The lowest BCUT2D eigenvalue weighted by Crippen LogP contribution is -2.30. The van der Waals surface area contributed by atoms with Crippen molar-refractivity contribution in [3.63, 3.8) is 0 Å². The number of hydrogen-bond donors (Lipinski definition) is 1. The molecule has 2 aromatic carbocycles. The molecule has 25 heavy (non-hydrogen) atoms. The molecule has 0 atom stereocenters. The Labute approximate surface area is 149 Å².